The van der Waals surface area contributed by atoms with Gasteiger partial charge in [0.05, 0.1) is 80.4 Å². The van der Waals surface area contributed by atoms with Gasteiger partial charge < -0.3 is 62.3 Å². The molecule has 0 bridgehead atoms. The largest absolute Gasteiger partial charge is 0.396 e. The van der Waals surface area contributed by atoms with Gasteiger partial charge in [0.1, 0.15) is 0 Å². The molecule has 0 aliphatic rings. The van der Waals surface area contributed by atoms with E-state index in [0.717, 1.165) is 0 Å². The van der Waals surface area contributed by atoms with Gasteiger partial charge in [-0.1, -0.05) is 0 Å². The summed E-state index contributed by atoms with van der Waals surface area (Å²) < 4.78 is 1.16. The van der Waals surface area contributed by atoms with Gasteiger partial charge in [0.25, 0.3) is 35.4 Å². The number of halogens is 6. The maximum Gasteiger partial charge on any atom is 0.279 e. The summed E-state index contributed by atoms with van der Waals surface area (Å²) in [5.74, 6) is -4.84. The number of benzene rings is 2. The number of aliphatic hydroxyl groups is 7. The molecule has 13 N–H and O–H groups in total. The number of carbonyl (C=O) groups excluding carboxylic acids is 6. The van der Waals surface area contributed by atoms with Crippen molar-refractivity contribution in [1.29, 1.82) is 0 Å². The van der Waals surface area contributed by atoms with Crippen LogP contribution in [0.3, 0.4) is 0 Å². The zero-order valence-corrected chi connectivity index (χ0v) is 43.4. The van der Waals surface area contributed by atoms with Gasteiger partial charge in [-0.05, 0) is 161 Å². The number of hydroxylamine groups is 2. The molecule has 2 aromatic carbocycles. The van der Waals surface area contributed by atoms with E-state index in [1.807, 2.05) is 45.2 Å². The minimum Gasteiger partial charge on any atom is -0.396 e. The summed E-state index contributed by atoms with van der Waals surface area (Å²) in [4.78, 5) is 78.7. The SMILES string of the molecule is O=C(NCCCCCNC(=O)c1c(I)c(NC(=O)C(O)CO)c(I)c(C(=O)N(O)CCCO)c1I)c1c(I)c(NC(=O)C(O)CO)c(I)c(C(=O)NCC(O)CO)c1I. The molecule has 0 aliphatic carbocycles. The fourth-order valence-corrected chi connectivity index (χ4v) is 13.5. The topological polar surface area (TPSA) is 328 Å². The summed E-state index contributed by atoms with van der Waals surface area (Å²) in [6.07, 6.45) is -3.43. The molecule has 59 heavy (non-hydrogen) atoms. The number of unbranched alkanes of at least 4 members (excludes halogenated alkanes) is 2. The normalized spacial score (nSPS) is 12.6. The number of nitrogens with zero attached hydrogens (tertiary/aromatic N) is 1. The van der Waals surface area contributed by atoms with Crippen LogP contribution in [0, 0.1) is 21.4 Å². The van der Waals surface area contributed by atoms with Crippen molar-refractivity contribution in [3.05, 3.63) is 43.7 Å². The van der Waals surface area contributed by atoms with E-state index in [2.05, 4.69) is 26.6 Å². The van der Waals surface area contributed by atoms with Gasteiger partial charge in [-0.2, -0.15) is 0 Å². The van der Waals surface area contributed by atoms with Crippen molar-refractivity contribution in [3.63, 3.8) is 0 Å². The number of amides is 6. The molecule has 0 aliphatic heterocycles. The van der Waals surface area contributed by atoms with E-state index in [4.69, 9.17) is 10.2 Å². The van der Waals surface area contributed by atoms with Gasteiger partial charge in [0.2, 0.25) is 0 Å². The molecule has 20 nitrogen and oxygen atoms in total. The number of nitrogens with one attached hydrogen (secondary N) is 5. The fraction of sp³-hybridized carbons (Fsp3) is 0.455. The summed E-state index contributed by atoms with van der Waals surface area (Å²) in [6.45, 7) is -2.94. The predicted octanol–water partition coefficient (Wildman–Crippen LogP) is 0.525. The van der Waals surface area contributed by atoms with Gasteiger partial charge in [0.15, 0.2) is 12.2 Å². The Hall–Kier alpha value is -0.680. The minimum absolute atomic E-state index is 0.00708. The molecule has 0 aromatic heterocycles. The van der Waals surface area contributed by atoms with Crippen molar-refractivity contribution in [3.8, 4) is 0 Å². The van der Waals surface area contributed by atoms with Crippen LogP contribution < -0.4 is 26.6 Å². The average Bonchev–Trinajstić information content (AvgIpc) is 3.20. The average molecular weight is 1510 g/mol. The number of rotatable bonds is 22. The zero-order valence-electron chi connectivity index (χ0n) is 30.5. The highest BCUT2D eigenvalue weighted by molar-refractivity contribution is 14.1. The Balaban J connectivity index is 2.24. The highest BCUT2D eigenvalue weighted by atomic mass is 127. The third-order valence-corrected chi connectivity index (χ3v) is 14.3. The number of hydrogen-bond acceptors (Lipinski definition) is 14. The number of anilines is 2. The van der Waals surface area contributed by atoms with Crippen molar-refractivity contribution in [1.82, 2.24) is 21.0 Å². The van der Waals surface area contributed by atoms with E-state index < -0.39 is 73.6 Å². The summed E-state index contributed by atoms with van der Waals surface area (Å²) in [5.41, 5.74) is -0.101. The molecule has 0 fully saturated rings. The molecule has 0 radical (unpaired) electrons. The smallest absolute Gasteiger partial charge is 0.279 e. The van der Waals surface area contributed by atoms with Crippen LogP contribution in [0.5, 0.6) is 0 Å². The molecule has 3 atom stereocenters. The van der Waals surface area contributed by atoms with Crippen LogP contribution in [0.4, 0.5) is 11.4 Å². The first-order valence-corrected chi connectivity index (χ1v) is 23.6. The second-order valence-corrected chi connectivity index (χ2v) is 18.6. The fourth-order valence-electron chi connectivity index (χ4n) is 4.73. The highest BCUT2D eigenvalue weighted by Gasteiger charge is 2.32. The van der Waals surface area contributed by atoms with Crippen LogP contribution in [0.2, 0.25) is 0 Å². The van der Waals surface area contributed by atoms with Gasteiger partial charge >= 0.3 is 0 Å². The van der Waals surface area contributed by atoms with E-state index in [1.54, 1.807) is 90.4 Å². The zero-order chi connectivity index (χ0) is 44.7. The molecule has 2 aromatic rings. The minimum atomic E-state index is -1.80. The van der Waals surface area contributed by atoms with Crippen LogP contribution in [0.15, 0.2) is 0 Å². The van der Waals surface area contributed by atoms with Gasteiger partial charge in [-0.3, -0.25) is 34.0 Å². The van der Waals surface area contributed by atoms with Crippen LogP contribution in [-0.2, 0) is 9.59 Å². The number of hydrogen-bond donors (Lipinski definition) is 13. The lowest BCUT2D eigenvalue weighted by atomic mass is 10.1. The van der Waals surface area contributed by atoms with Crippen molar-refractivity contribution in [2.24, 2.45) is 0 Å². The third-order valence-electron chi connectivity index (χ3n) is 7.87. The first-order chi connectivity index (χ1) is 27.8. The Kier molecular flexibility index (Phi) is 24.8. The van der Waals surface area contributed by atoms with E-state index in [0.29, 0.717) is 24.3 Å². The highest BCUT2D eigenvalue weighted by Crippen LogP contribution is 2.37. The Morgan fingerprint density at radius 3 is 1.31 bits per heavy atom. The molecule has 0 spiro atoms. The molecule has 26 heteroatoms. The van der Waals surface area contributed by atoms with Crippen LogP contribution >= 0.6 is 136 Å². The molecule has 6 amide bonds. The molecular weight excluding hydrogens is 1470 g/mol. The Labute approximate surface area is 419 Å². The number of carbonyl (C=O) groups is 6. The maximum atomic E-state index is 13.6. The van der Waals surface area contributed by atoms with Gasteiger partial charge in [-0.25, -0.2) is 5.06 Å². The lowest BCUT2D eigenvalue weighted by Gasteiger charge is -2.22. The molecule has 0 heterocycles. The maximum absolute atomic E-state index is 13.6. The third kappa shape index (κ3) is 15.0. The second kappa shape index (κ2) is 26.8. The lowest BCUT2D eigenvalue weighted by Crippen LogP contribution is -2.36. The van der Waals surface area contributed by atoms with Crippen molar-refractivity contribution in [2.45, 2.75) is 44.0 Å². The van der Waals surface area contributed by atoms with E-state index in [1.165, 1.54) is 0 Å². The molecule has 0 saturated heterocycles. The first kappa shape index (κ1) is 54.5. The molecule has 2 rings (SSSR count). The standard InChI is InChI=1S/C33H40I6N6O14/c34-20-16(22(36)26(43-28(53)14(51)11-48)23(37)17(20)32(57)42-9-13(50)10-47)30(55)40-5-2-1-3-6-41-31(56)18-21(35)19(33(58)45(59)7-4-8-46)25(39)27(24(18)38)44-29(54)15(52)12-49/h13-15,46-52,59H,1-12H2,(H,40,55)(H,41,56)(H,42,57)(H,43,53)(H,44,54). The predicted molar refractivity (Wildman–Crippen MR) is 261 cm³/mol. The van der Waals surface area contributed by atoms with Crippen LogP contribution in [0.25, 0.3) is 0 Å². The van der Waals surface area contributed by atoms with Crippen molar-refractivity contribution in [2.75, 3.05) is 63.2 Å². The summed E-state index contributed by atoms with van der Waals surface area (Å²) in [5, 5.41) is 89.9. The Bertz CT molecular complexity index is 1890. The first-order valence-electron chi connectivity index (χ1n) is 17.2. The lowest BCUT2D eigenvalue weighted by molar-refractivity contribution is -0.126. The second-order valence-electron chi connectivity index (χ2n) is 12.1. The van der Waals surface area contributed by atoms with E-state index in [9.17, 15) is 59.5 Å². The summed E-state index contributed by atoms with van der Waals surface area (Å²) >= 11 is 10.8. The van der Waals surface area contributed by atoms with Crippen molar-refractivity contribution < 1.29 is 69.7 Å². The molecule has 328 valence electrons. The summed E-state index contributed by atoms with van der Waals surface area (Å²) in [7, 11) is 0. The Morgan fingerprint density at radius 1 is 0.525 bits per heavy atom. The monoisotopic (exact) mass is 1510 g/mol. The van der Waals surface area contributed by atoms with E-state index >= 15 is 0 Å². The quantitative estimate of drug-likeness (QED) is 0.0331. The number of aliphatic hydroxyl groups excluding tert-OH is 7. The molecule has 0 saturated carbocycles. The van der Waals surface area contributed by atoms with Crippen molar-refractivity contribution >= 4 is 182 Å². The van der Waals surface area contributed by atoms with Gasteiger partial charge in [-0.15, -0.1) is 0 Å². The van der Waals surface area contributed by atoms with E-state index in [-0.39, 0.29) is 94.3 Å². The summed E-state index contributed by atoms with van der Waals surface area (Å²) in [6, 6.07) is 0. The molecular formula is C33H40I6N6O14. The Morgan fingerprint density at radius 2 is 0.915 bits per heavy atom. The van der Waals surface area contributed by atoms with Crippen LogP contribution in [-0.4, -0.2) is 152 Å². The van der Waals surface area contributed by atoms with Crippen LogP contribution in [0.1, 0.15) is 67.1 Å². The van der Waals surface area contributed by atoms with Gasteiger partial charge in [0, 0.05) is 33.4 Å². The molecule has 3 unspecified atom stereocenters.